The van der Waals surface area contributed by atoms with Crippen molar-refractivity contribution in [1.29, 1.82) is 0 Å². The van der Waals surface area contributed by atoms with E-state index in [0.717, 1.165) is 0 Å². The number of aromatic nitrogens is 7. The van der Waals surface area contributed by atoms with Gasteiger partial charge in [-0.05, 0) is 20.1 Å². The van der Waals surface area contributed by atoms with E-state index in [-0.39, 0.29) is 45.2 Å². The fourth-order valence-electron chi connectivity index (χ4n) is 2.34. The fourth-order valence-corrected chi connectivity index (χ4v) is 3.93. The third kappa shape index (κ3) is 4.33. The summed E-state index contributed by atoms with van der Waals surface area (Å²) in [6.07, 6.45) is 1.72. The zero-order valence-corrected chi connectivity index (χ0v) is 18.1. The Bertz CT molecular complexity index is 1200. The SMILES string of the molecule is COc1nc(C)nc(NC(=O)NS(=O)(=O)c2c(-c3nnc(SC)o3)nn(C)c2C)n1. The number of amides is 2. The molecule has 0 aromatic carbocycles. The minimum Gasteiger partial charge on any atom is -0.467 e. The number of urea groups is 1. The molecule has 14 nitrogen and oxygen atoms in total. The first-order valence-electron chi connectivity index (χ1n) is 8.16. The summed E-state index contributed by atoms with van der Waals surface area (Å²) in [5.41, 5.74) is 0.174. The van der Waals surface area contributed by atoms with Gasteiger partial charge >= 0.3 is 12.0 Å². The predicted molar refractivity (Wildman–Crippen MR) is 103 cm³/mol. The number of sulfonamides is 1. The molecule has 160 valence electrons. The molecule has 3 heterocycles. The van der Waals surface area contributed by atoms with Gasteiger partial charge in [-0.15, -0.1) is 10.2 Å². The van der Waals surface area contributed by atoms with Crippen LogP contribution in [0.5, 0.6) is 6.01 Å². The Kier molecular flexibility index (Phi) is 5.88. The summed E-state index contributed by atoms with van der Waals surface area (Å²) < 4.78 is 39.4. The van der Waals surface area contributed by atoms with Gasteiger partial charge in [-0.25, -0.2) is 17.9 Å². The number of hydrogen-bond donors (Lipinski definition) is 2. The zero-order chi connectivity index (χ0) is 22.1. The minimum atomic E-state index is -4.37. The van der Waals surface area contributed by atoms with Crippen molar-refractivity contribution in [2.24, 2.45) is 7.05 Å². The third-order valence-corrected chi connectivity index (χ3v) is 5.69. The highest BCUT2D eigenvalue weighted by atomic mass is 32.2. The molecule has 2 amide bonds. The van der Waals surface area contributed by atoms with Gasteiger partial charge in [0.05, 0.1) is 12.8 Å². The quantitative estimate of drug-likeness (QED) is 0.492. The zero-order valence-electron chi connectivity index (χ0n) is 16.5. The van der Waals surface area contributed by atoms with Gasteiger partial charge in [0.2, 0.25) is 5.95 Å². The number of carbonyl (C=O) groups excluding carboxylic acids is 1. The number of methoxy groups -OCH3 is 1. The summed E-state index contributed by atoms with van der Waals surface area (Å²) in [6.45, 7) is 3.08. The first-order valence-corrected chi connectivity index (χ1v) is 10.9. The van der Waals surface area contributed by atoms with E-state index in [9.17, 15) is 13.2 Å². The Morgan fingerprint density at radius 3 is 2.57 bits per heavy atom. The second-order valence-electron chi connectivity index (χ2n) is 5.72. The lowest BCUT2D eigenvalue weighted by Gasteiger charge is -2.09. The maximum atomic E-state index is 12.9. The van der Waals surface area contributed by atoms with Crippen molar-refractivity contribution in [2.75, 3.05) is 18.7 Å². The summed E-state index contributed by atoms with van der Waals surface area (Å²) in [5.74, 6) is -0.00949. The molecule has 3 aromatic heterocycles. The summed E-state index contributed by atoms with van der Waals surface area (Å²) in [5, 5.41) is 14.2. The van der Waals surface area contributed by atoms with E-state index < -0.39 is 16.1 Å². The van der Waals surface area contributed by atoms with Crippen LogP contribution in [0.15, 0.2) is 14.5 Å². The monoisotopic (exact) mass is 455 g/mol. The normalized spacial score (nSPS) is 11.4. The van der Waals surface area contributed by atoms with Gasteiger partial charge in [0.1, 0.15) is 10.7 Å². The topological polar surface area (TPSA) is 180 Å². The highest BCUT2D eigenvalue weighted by Gasteiger charge is 2.31. The van der Waals surface area contributed by atoms with Crippen molar-refractivity contribution in [1.82, 2.24) is 39.7 Å². The van der Waals surface area contributed by atoms with E-state index in [0.29, 0.717) is 0 Å². The lowest BCUT2D eigenvalue weighted by Crippen LogP contribution is -2.35. The van der Waals surface area contributed by atoms with Crippen LogP contribution in [0.4, 0.5) is 10.7 Å². The molecule has 0 aliphatic heterocycles. The first kappa shape index (κ1) is 21.4. The highest BCUT2D eigenvalue weighted by Crippen LogP contribution is 2.29. The number of anilines is 1. The molecular formula is C14H17N9O5S2. The average Bonchev–Trinajstić information content (AvgIpc) is 3.25. The van der Waals surface area contributed by atoms with Gasteiger partial charge in [-0.1, -0.05) is 11.8 Å². The molecular weight excluding hydrogens is 438 g/mol. The van der Waals surface area contributed by atoms with Gasteiger partial charge in [-0.3, -0.25) is 10.00 Å². The second kappa shape index (κ2) is 8.23. The standard InChI is InChI=1S/C14H17N9O5S2/c1-6-9(8(21-23(6)3)10-19-20-14(28-10)29-5)30(25,26)22-12(24)17-11-15-7(2)16-13(18-11)27-4/h1-5H3,(H2,15,16,17,18,22,24). The van der Waals surface area contributed by atoms with E-state index in [1.165, 1.54) is 30.5 Å². The van der Waals surface area contributed by atoms with Gasteiger partial charge in [0.15, 0.2) is 5.69 Å². The fraction of sp³-hybridized carbons (Fsp3) is 0.357. The van der Waals surface area contributed by atoms with E-state index in [2.05, 4.69) is 35.6 Å². The summed E-state index contributed by atoms with van der Waals surface area (Å²) >= 11 is 1.19. The van der Waals surface area contributed by atoms with E-state index in [1.54, 1.807) is 20.2 Å². The molecule has 0 saturated carbocycles. The molecule has 0 unspecified atom stereocenters. The first-order chi connectivity index (χ1) is 14.1. The van der Waals surface area contributed by atoms with Crippen molar-refractivity contribution in [3.63, 3.8) is 0 Å². The Hall–Kier alpha value is -3.27. The number of hydrogen-bond acceptors (Lipinski definition) is 12. The van der Waals surface area contributed by atoms with Gasteiger partial charge < -0.3 is 9.15 Å². The smallest absolute Gasteiger partial charge is 0.335 e. The molecule has 16 heteroatoms. The molecule has 0 radical (unpaired) electrons. The number of aryl methyl sites for hydroxylation is 2. The van der Waals surface area contributed by atoms with Gasteiger partial charge in [0.25, 0.3) is 21.1 Å². The molecule has 3 aromatic rings. The number of rotatable bonds is 6. The molecule has 3 rings (SSSR count). The molecule has 0 bridgehead atoms. The van der Waals surface area contributed by atoms with Crippen LogP contribution in [-0.2, 0) is 17.1 Å². The van der Waals surface area contributed by atoms with Gasteiger partial charge in [0, 0.05) is 7.05 Å². The third-order valence-electron chi connectivity index (χ3n) is 3.69. The Morgan fingerprint density at radius 2 is 1.93 bits per heavy atom. The number of carbonyl (C=O) groups is 1. The van der Waals surface area contributed by atoms with Crippen molar-refractivity contribution in [3.8, 4) is 17.6 Å². The van der Waals surface area contributed by atoms with Crippen LogP contribution in [0.3, 0.4) is 0 Å². The molecule has 0 saturated heterocycles. The maximum Gasteiger partial charge on any atom is 0.335 e. The number of ether oxygens (including phenoxy) is 1. The lowest BCUT2D eigenvalue weighted by molar-refractivity contribution is 0.256. The lowest BCUT2D eigenvalue weighted by atomic mass is 10.3. The molecule has 0 aliphatic carbocycles. The van der Waals surface area contributed by atoms with Crippen LogP contribution >= 0.6 is 11.8 Å². The molecule has 30 heavy (non-hydrogen) atoms. The van der Waals surface area contributed by atoms with E-state index >= 15 is 0 Å². The van der Waals surface area contributed by atoms with Crippen molar-refractivity contribution < 1.29 is 22.4 Å². The molecule has 2 N–H and O–H groups in total. The van der Waals surface area contributed by atoms with Crippen molar-refractivity contribution in [3.05, 3.63) is 11.5 Å². The van der Waals surface area contributed by atoms with Crippen molar-refractivity contribution >= 4 is 33.8 Å². The highest BCUT2D eigenvalue weighted by molar-refractivity contribution is 7.98. The van der Waals surface area contributed by atoms with Crippen LogP contribution in [0.25, 0.3) is 11.6 Å². The van der Waals surface area contributed by atoms with E-state index in [1.807, 2.05) is 4.72 Å². The number of thioether (sulfide) groups is 1. The minimum absolute atomic E-state index is 0.0351. The Balaban J connectivity index is 1.90. The van der Waals surface area contributed by atoms with E-state index in [4.69, 9.17) is 9.15 Å². The number of nitrogens with one attached hydrogen (secondary N) is 2. The van der Waals surface area contributed by atoms with Crippen LogP contribution in [0.2, 0.25) is 0 Å². The van der Waals surface area contributed by atoms with Crippen molar-refractivity contribution in [2.45, 2.75) is 24.0 Å². The van der Waals surface area contributed by atoms with Crippen LogP contribution < -0.4 is 14.8 Å². The summed E-state index contributed by atoms with van der Waals surface area (Å²) in [4.78, 5) is 23.6. The molecule has 0 aliphatic rings. The van der Waals surface area contributed by atoms with Crippen LogP contribution in [-0.4, -0.2) is 62.7 Å². The average molecular weight is 455 g/mol. The van der Waals surface area contributed by atoms with Crippen LogP contribution in [0.1, 0.15) is 11.5 Å². The Morgan fingerprint density at radius 1 is 1.20 bits per heavy atom. The predicted octanol–water partition coefficient (Wildman–Crippen LogP) is 0.513. The molecule has 0 fully saturated rings. The Labute approximate surface area is 174 Å². The maximum absolute atomic E-state index is 12.9. The second-order valence-corrected chi connectivity index (χ2v) is 8.09. The molecule has 0 spiro atoms. The largest absolute Gasteiger partial charge is 0.467 e. The van der Waals surface area contributed by atoms with Crippen LogP contribution in [0, 0.1) is 13.8 Å². The molecule has 0 atom stereocenters. The summed E-state index contributed by atoms with van der Waals surface area (Å²) in [7, 11) is -1.49. The van der Waals surface area contributed by atoms with Gasteiger partial charge in [-0.2, -0.15) is 20.1 Å². The number of nitrogens with zero attached hydrogens (tertiary/aromatic N) is 7. The summed E-state index contributed by atoms with van der Waals surface area (Å²) in [6, 6.07) is -1.13.